The summed E-state index contributed by atoms with van der Waals surface area (Å²) in [6.07, 6.45) is 3.06. The van der Waals surface area contributed by atoms with Gasteiger partial charge in [-0.2, -0.15) is 5.26 Å². The molecule has 0 spiro atoms. The first kappa shape index (κ1) is 18.9. The Hall–Kier alpha value is -3.39. The van der Waals surface area contributed by atoms with Gasteiger partial charge in [-0.25, -0.2) is 0 Å². The summed E-state index contributed by atoms with van der Waals surface area (Å²) in [6, 6.07) is 14.8. The zero-order chi connectivity index (χ0) is 19.1. The molecule has 0 aliphatic carbocycles. The fourth-order valence-corrected chi connectivity index (χ4v) is 2.32. The highest BCUT2D eigenvalue weighted by molar-refractivity contribution is 5.98. The minimum atomic E-state index is -0.273. The minimum Gasteiger partial charge on any atom is -0.333 e. The average molecular weight is 347 g/mol. The Kier molecular flexibility index (Phi) is 6.29. The molecule has 0 aliphatic rings. The second-order valence-electron chi connectivity index (χ2n) is 6.13. The molecule has 2 rings (SSSR count). The second kappa shape index (κ2) is 8.63. The first-order valence-electron chi connectivity index (χ1n) is 8.19. The van der Waals surface area contributed by atoms with Crippen LogP contribution in [0, 0.1) is 25.2 Å². The summed E-state index contributed by atoms with van der Waals surface area (Å²) >= 11 is 0. The van der Waals surface area contributed by atoms with E-state index in [1.165, 1.54) is 11.0 Å². The average Bonchev–Trinajstić information content (AvgIpc) is 2.63. The van der Waals surface area contributed by atoms with Gasteiger partial charge in [0.2, 0.25) is 11.8 Å². The lowest BCUT2D eigenvalue weighted by Gasteiger charge is -2.16. The van der Waals surface area contributed by atoms with Crippen molar-refractivity contribution in [1.82, 2.24) is 4.90 Å². The highest BCUT2D eigenvalue weighted by atomic mass is 16.2. The van der Waals surface area contributed by atoms with Crippen LogP contribution in [0.1, 0.15) is 22.3 Å². The van der Waals surface area contributed by atoms with E-state index in [4.69, 9.17) is 5.26 Å². The first-order valence-corrected chi connectivity index (χ1v) is 8.19. The van der Waals surface area contributed by atoms with E-state index < -0.39 is 0 Å². The summed E-state index contributed by atoms with van der Waals surface area (Å²) in [4.78, 5) is 25.7. The summed E-state index contributed by atoms with van der Waals surface area (Å²) in [5, 5.41) is 11.6. The summed E-state index contributed by atoms with van der Waals surface area (Å²) in [5.74, 6) is -0.521. The van der Waals surface area contributed by atoms with Gasteiger partial charge in [0.15, 0.2) is 0 Å². The summed E-state index contributed by atoms with van der Waals surface area (Å²) in [7, 11) is 1.58. The van der Waals surface area contributed by atoms with Gasteiger partial charge >= 0.3 is 0 Å². The van der Waals surface area contributed by atoms with E-state index in [0.29, 0.717) is 5.56 Å². The maximum absolute atomic E-state index is 12.2. The van der Waals surface area contributed by atoms with Crippen LogP contribution in [0.25, 0.3) is 6.08 Å². The molecule has 1 N–H and O–H groups in total. The number of hydrogen-bond acceptors (Lipinski definition) is 3. The molecule has 0 radical (unpaired) electrons. The van der Waals surface area contributed by atoms with Crippen molar-refractivity contribution in [3.05, 3.63) is 70.8 Å². The smallest absolute Gasteiger partial charge is 0.246 e. The molecule has 0 bridgehead atoms. The largest absolute Gasteiger partial charge is 0.333 e. The van der Waals surface area contributed by atoms with Gasteiger partial charge in [0, 0.05) is 18.8 Å². The van der Waals surface area contributed by atoms with Crippen LogP contribution in [0.5, 0.6) is 0 Å². The van der Waals surface area contributed by atoms with Gasteiger partial charge in [-0.1, -0.05) is 24.3 Å². The predicted molar refractivity (Wildman–Crippen MR) is 102 cm³/mol. The summed E-state index contributed by atoms with van der Waals surface area (Å²) in [5.41, 5.74) is 4.16. The molecule has 132 valence electrons. The molecule has 0 saturated heterocycles. The number of nitriles is 1. The number of aryl methyl sites for hydroxylation is 2. The Morgan fingerprint density at radius 2 is 1.85 bits per heavy atom. The second-order valence-corrected chi connectivity index (χ2v) is 6.13. The molecule has 2 aromatic carbocycles. The highest BCUT2D eigenvalue weighted by Crippen LogP contribution is 2.16. The topological polar surface area (TPSA) is 73.2 Å². The molecule has 5 nitrogen and oxygen atoms in total. The number of benzene rings is 2. The van der Waals surface area contributed by atoms with E-state index in [1.807, 2.05) is 38.1 Å². The fraction of sp³-hybridized carbons (Fsp3) is 0.190. The molecule has 0 saturated carbocycles. The third kappa shape index (κ3) is 5.32. The van der Waals surface area contributed by atoms with Gasteiger partial charge in [-0.3, -0.25) is 9.59 Å². The van der Waals surface area contributed by atoms with Gasteiger partial charge in [0.05, 0.1) is 18.2 Å². The minimum absolute atomic E-state index is 0.0378. The third-order valence-electron chi connectivity index (χ3n) is 3.88. The molecule has 26 heavy (non-hydrogen) atoms. The Balaban J connectivity index is 1.93. The van der Waals surface area contributed by atoms with Crippen molar-refractivity contribution in [3.63, 3.8) is 0 Å². The molecule has 0 unspecified atom stereocenters. The van der Waals surface area contributed by atoms with Crippen molar-refractivity contribution >= 4 is 23.6 Å². The van der Waals surface area contributed by atoms with E-state index in [1.54, 1.807) is 37.4 Å². The number of nitrogens with zero attached hydrogens (tertiary/aromatic N) is 2. The number of likely N-dealkylation sites (N-methyl/N-ethyl adjacent to an activating group) is 1. The Bertz CT molecular complexity index is 877. The molecular weight excluding hydrogens is 326 g/mol. The SMILES string of the molecule is Cc1ccc(C)c(NC(=O)CN(C)C(=O)/C=C/c2ccc(C#N)cc2)c1. The standard InChI is InChI=1S/C21H21N3O2/c1-15-4-5-16(2)19(12-15)23-20(25)14-24(3)21(26)11-10-17-6-8-18(13-22)9-7-17/h4-12H,14H2,1-3H3,(H,23,25)/b11-10+. The van der Waals surface area contributed by atoms with Crippen molar-refractivity contribution in [1.29, 1.82) is 5.26 Å². The Labute approximate surface area is 153 Å². The summed E-state index contributed by atoms with van der Waals surface area (Å²) in [6.45, 7) is 3.84. The number of amides is 2. The molecule has 5 heteroatoms. The zero-order valence-corrected chi connectivity index (χ0v) is 15.1. The van der Waals surface area contributed by atoms with E-state index >= 15 is 0 Å². The van der Waals surface area contributed by atoms with E-state index in [0.717, 1.165) is 22.4 Å². The predicted octanol–water partition coefficient (Wildman–Crippen LogP) is 3.29. The van der Waals surface area contributed by atoms with Crippen molar-refractivity contribution in [2.45, 2.75) is 13.8 Å². The van der Waals surface area contributed by atoms with Crippen LogP contribution in [0.4, 0.5) is 5.69 Å². The number of carbonyl (C=O) groups is 2. The van der Waals surface area contributed by atoms with Crippen LogP contribution < -0.4 is 5.32 Å². The highest BCUT2D eigenvalue weighted by Gasteiger charge is 2.11. The molecule has 2 aromatic rings. The van der Waals surface area contributed by atoms with E-state index in [2.05, 4.69) is 5.32 Å². The molecule has 0 aromatic heterocycles. The third-order valence-corrected chi connectivity index (χ3v) is 3.88. The number of nitrogens with one attached hydrogen (secondary N) is 1. The zero-order valence-electron chi connectivity index (χ0n) is 15.1. The lowest BCUT2D eigenvalue weighted by molar-refractivity contribution is -0.129. The van der Waals surface area contributed by atoms with Crippen LogP contribution in [-0.2, 0) is 9.59 Å². The number of hydrogen-bond donors (Lipinski definition) is 1. The number of anilines is 1. The fourth-order valence-electron chi connectivity index (χ4n) is 2.32. The van der Waals surface area contributed by atoms with Gasteiger partial charge in [-0.05, 0) is 54.8 Å². The molecule has 0 heterocycles. The number of carbonyl (C=O) groups excluding carboxylic acids is 2. The normalized spacial score (nSPS) is 10.4. The van der Waals surface area contributed by atoms with E-state index in [9.17, 15) is 9.59 Å². The molecule has 2 amide bonds. The summed E-state index contributed by atoms with van der Waals surface area (Å²) < 4.78 is 0. The van der Waals surface area contributed by atoms with Crippen LogP contribution in [-0.4, -0.2) is 30.3 Å². The van der Waals surface area contributed by atoms with Gasteiger partial charge in [0.1, 0.15) is 0 Å². The molecule has 0 aliphatic heterocycles. The van der Waals surface area contributed by atoms with Crippen LogP contribution in [0.3, 0.4) is 0 Å². The maximum atomic E-state index is 12.2. The molecular formula is C21H21N3O2. The molecule has 0 fully saturated rings. The molecule has 0 atom stereocenters. The van der Waals surface area contributed by atoms with Gasteiger partial charge in [0.25, 0.3) is 0 Å². The van der Waals surface area contributed by atoms with Crippen molar-refractivity contribution in [2.24, 2.45) is 0 Å². The monoisotopic (exact) mass is 347 g/mol. The van der Waals surface area contributed by atoms with E-state index in [-0.39, 0.29) is 18.4 Å². The van der Waals surface area contributed by atoms with Crippen molar-refractivity contribution in [3.8, 4) is 6.07 Å². The van der Waals surface area contributed by atoms with Crippen molar-refractivity contribution in [2.75, 3.05) is 18.9 Å². The first-order chi connectivity index (χ1) is 12.4. The Morgan fingerprint density at radius 1 is 1.15 bits per heavy atom. The van der Waals surface area contributed by atoms with Crippen molar-refractivity contribution < 1.29 is 9.59 Å². The van der Waals surface area contributed by atoms with Gasteiger partial charge in [-0.15, -0.1) is 0 Å². The lowest BCUT2D eigenvalue weighted by Crippen LogP contribution is -2.34. The van der Waals surface area contributed by atoms with Crippen LogP contribution >= 0.6 is 0 Å². The Morgan fingerprint density at radius 3 is 2.50 bits per heavy atom. The number of rotatable bonds is 5. The van der Waals surface area contributed by atoms with Gasteiger partial charge < -0.3 is 10.2 Å². The van der Waals surface area contributed by atoms with Crippen LogP contribution in [0.2, 0.25) is 0 Å². The lowest BCUT2D eigenvalue weighted by atomic mass is 10.1. The maximum Gasteiger partial charge on any atom is 0.246 e. The quantitative estimate of drug-likeness (QED) is 0.844. The van der Waals surface area contributed by atoms with Crippen LogP contribution in [0.15, 0.2) is 48.5 Å².